The molecule has 0 saturated carbocycles. The Morgan fingerprint density at radius 3 is 2.42 bits per heavy atom. The minimum atomic E-state index is -4.64. The molecule has 1 amide bonds. The average Bonchev–Trinajstić information content (AvgIpc) is 2.53. The van der Waals surface area contributed by atoms with Crippen molar-refractivity contribution in [2.75, 3.05) is 7.11 Å². The average molecular weight is 341 g/mol. The predicted octanol–water partition coefficient (Wildman–Crippen LogP) is 4.34. The van der Waals surface area contributed by atoms with Crippen molar-refractivity contribution in [3.05, 3.63) is 65.0 Å². The van der Waals surface area contributed by atoms with E-state index in [1.54, 1.807) is 6.92 Å². The molecule has 0 aliphatic carbocycles. The normalized spacial score (nSPS) is 12.6. The van der Waals surface area contributed by atoms with E-state index in [0.29, 0.717) is 5.56 Å². The molecule has 0 saturated heterocycles. The van der Waals surface area contributed by atoms with Crippen LogP contribution in [-0.4, -0.2) is 13.0 Å². The van der Waals surface area contributed by atoms with Crippen molar-refractivity contribution in [3.8, 4) is 5.75 Å². The van der Waals surface area contributed by atoms with Crippen molar-refractivity contribution in [3.63, 3.8) is 0 Å². The smallest absolute Gasteiger partial charge is 0.417 e. The molecular formula is C17H15F4NO2. The first-order valence-electron chi connectivity index (χ1n) is 7.04. The lowest BCUT2D eigenvalue weighted by atomic mass is 10.0. The molecule has 0 aliphatic heterocycles. The molecule has 0 aromatic heterocycles. The van der Waals surface area contributed by atoms with Gasteiger partial charge in [-0.2, -0.15) is 13.2 Å². The Morgan fingerprint density at radius 1 is 1.17 bits per heavy atom. The second-order valence-electron chi connectivity index (χ2n) is 5.13. The minimum Gasteiger partial charge on any atom is -0.494 e. The molecule has 2 aromatic rings. The topological polar surface area (TPSA) is 38.3 Å². The Balaban J connectivity index is 2.23. The van der Waals surface area contributed by atoms with Gasteiger partial charge in [-0.3, -0.25) is 4.79 Å². The van der Waals surface area contributed by atoms with Crippen LogP contribution in [-0.2, 0) is 6.18 Å². The molecule has 1 N–H and O–H groups in total. The second-order valence-corrected chi connectivity index (χ2v) is 5.13. The van der Waals surface area contributed by atoms with Crippen LogP contribution in [0.25, 0.3) is 0 Å². The predicted molar refractivity (Wildman–Crippen MR) is 80.3 cm³/mol. The highest BCUT2D eigenvalue weighted by Gasteiger charge is 2.35. The van der Waals surface area contributed by atoms with Crippen molar-refractivity contribution in [1.29, 1.82) is 0 Å². The van der Waals surface area contributed by atoms with Gasteiger partial charge in [0, 0.05) is 0 Å². The van der Waals surface area contributed by atoms with Crippen LogP contribution in [0.3, 0.4) is 0 Å². The third-order valence-electron chi connectivity index (χ3n) is 3.50. The summed E-state index contributed by atoms with van der Waals surface area (Å²) in [4.78, 5) is 12.2. The number of hydrogen-bond donors (Lipinski definition) is 1. The Bertz CT molecular complexity index is 744. The Kier molecular flexibility index (Phi) is 5.11. The summed E-state index contributed by atoms with van der Waals surface area (Å²) in [5.74, 6) is -1.46. The molecule has 0 radical (unpaired) electrons. The van der Waals surface area contributed by atoms with Crippen LogP contribution in [0.5, 0.6) is 5.75 Å². The van der Waals surface area contributed by atoms with Gasteiger partial charge in [0.2, 0.25) is 0 Å². The largest absolute Gasteiger partial charge is 0.494 e. The number of carbonyl (C=O) groups is 1. The first kappa shape index (κ1) is 17.8. The molecule has 1 atom stereocenters. The van der Waals surface area contributed by atoms with Gasteiger partial charge < -0.3 is 10.1 Å². The highest BCUT2D eigenvalue weighted by Crippen LogP contribution is 2.32. The lowest BCUT2D eigenvalue weighted by molar-refractivity contribution is -0.137. The van der Waals surface area contributed by atoms with Gasteiger partial charge in [0.25, 0.3) is 5.91 Å². The summed E-state index contributed by atoms with van der Waals surface area (Å²) < 4.78 is 57.4. The molecule has 3 nitrogen and oxygen atoms in total. The zero-order chi connectivity index (χ0) is 17.9. The van der Waals surface area contributed by atoms with Crippen molar-refractivity contribution >= 4 is 5.91 Å². The van der Waals surface area contributed by atoms with Crippen LogP contribution in [0.15, 0.2) is 42.5 Å². The van der Waals surface area contributed by atoms with E-state index >= 15 is 0 Å². The molecule has 2 aromatic carbocycles. The molecule has 0 heterocycles. The minimum absolute atomic E-state index is 0.0414. The first-order valence-corrected chi connectivity index (χ1v) is 7.04. The van der Waals surface area contributed by atoms with Crippen LogP contribution in [0.1, 0.15) is 34.5 Å². The van der Waals surface area contributed by atoms with Crippen molar-refractivity contribution in [2.45, 2.75) is 19.1 Å². The second kappa shape index (κ2) is 6.90. The van der Waals surface area contributed by atoms with Gasteiger partial charge in [0.1, 0.15) is 0 Å². The molecule has 0 unspecified atom stereocenters. The molecule has 0 fully saturated rings. The number of nitrogens with one attached hydrogen (secondary N) is 1. The molecule has 0 aliphatic rings. The summed E-state index contributed by atoms with van der Waals surface area (Å²) in [5, 5.41) is 2.44. The fraction of sp³-hybridized carbons (Fsp3) is 0.235. The molecule has 0 bridgehead atoms. The highest BCUT2D eigenvalue weighted by molar-refractivity contribution is 5.96. The van der Waals surface area contributed by atoms with E-state index in [1.807, 2.05) is 0 Å². The van der Waals surface area contributed by atoms with Gasteiger partial charge >= 0.3 is 6.18 Å². The Morgan fingerprint density at radius 2 is 1.83 bits per heavy atom. The molecular weight excluding hydrogens is 326 g/mol. The van der Waals surface area contributed by atoms with E-state index in [1.165, 1.54) is 37.4 Å². The summed E-state index contributed by atoms with van der Waals surface area (Å²) >= 11 is 0. The monoisotopic (exact) mass is 341 g/mol. The van der Waals surface area contributed by atoms with Crippen LogP contribution < -0.4 is 10.1 Å². The van der Waals surface area contributed by atoms with Crippen LogP contribution >= 0.6 is 0 Å². The molecule has 2 rings (SSSR count). The molecule has 24 heavy (non-hydrogen) atoms. The number of hydrogen-bond acceptors (Lipinski definition) is 2. The van der Waals surface area contributed by atoms with E-state index in [0.717, 1.165) is 12.1 Å². The van der Waals surface area contributed by atoms with Gasteiger partial charge in [-0.15, -0.1) is 0 Å². The van der Waals surface area contributed by atoms with Gasteiger partial charge in [0.05, 0.1) is 24.3 Å². The molecule has 0 spiro atoms. The summed E-state index contributed by atoms with van der Waals surface area (Å²) in [6, 6.07) is 7.90. The number of amides is 1. The fourth-order valence-corrected chi connectivity index (χ4v) is 2.24. The number of methoxy groups -OCH3 is 1. The molecule has 7 heteroatoms. The van der Waals surface area contributed by atoms with Crippen molar-refractivity contribution in [2.24, 2.45) is 0 Å². The van der Waals surface area contributed by atoms with Gasteiger partial charge in [-0.1, -0.05) is 18.2 Å². The fourth-order valence-electron chi connectivity index (χ4n) is 2.24. The Hall–Kier alpha value is -2.57. The lowest BCUT2D eigenvalue weighted by Gasteiger charge is -2.17. The quantitative estimate of drug-likeness (QED) is 0.840. The van der Waals surface area contributed by atoms with Crippen molar-refractivity contribution < 1.29 is 27.1 Å². The first-order chi connectivity index (χ1) is 11.2. The summed E-state index contributed by atoms with van der Waals surface area (Å²) in [7, 11) is 1.32. The van der Waals surface area contributed by atoms with Gasteiger partial charge in [0.15, 0.2) is 11.6 Å². The number of carbonyl (C=O) groups excluding carboxylic acids is 1. The van der Waals surface area contributed by atoms with Gasteiger partial charge in [-0.05, 0) is 36.8 Å². The third-order valence-corrected chi connectivity index (χ3v) is 3.50. The van der Waals surface area contributed by atoms with E-state index < -0.39 is 35.1 Å². The zero-order valence-electron chi connectivity index (χ0n) is 12.9. The highest BCUT2D eigenvalue weighted by atomic mass is 19.4. The van der Waals surface area contributed by atoms with Crippen LogP contribution in [0.2, 0.25) is 0 Å². The SMILES string of the molecule is COc1ccc([C@@H](C)NC(=O)c2ccccc2C(F)(F)F)cc1F. The number of alkyl halides is 3. The standard InChI is InChI=1S/C17H15F4NO2/c1-10(11-7-8-15(24-2)14(18)9-11)22-16(23)12-5-3-4-6-13(12)17(19,20)21/h3-10H,1-2H3,(H,22,23)/t10-/m1/s1. The number of ether oxygens (including phenoxy) is 1. The maximum Gasteiger partial charge on any atom is 0.417 e. The summed E-state index contributed by atoms with van der Waals surface area (Å²) in [5.41, 5.74) is -1.09. The van der Waals surface area contributed by atoms with Gasteiger partial charge in [-0.25, -0.2) is 4.39 Å². The lowest BCUT2D eigenvalue weighted by Crippen LogP contribution is -2.28. The molecule has 128 valence electrons. The van der Waals surface area contributed by atoms with E-state index in [4.69, 9.17) is 4.74 Å². The maximum atomic E-state index is 13.7. The number of halogens is 4. The van der Waals surface area contributed by atoms with Crippen LogP contribution in [0.4, 0.5) is 17.6 Å². The summed E-state index contributed by atoms with van der Waals surface area (Å²) in [6.45, 7) is 1.55. The number of rotatable bonds is 4. The third kappa shape index (κ3) is 3.84. The maximum absolute atomic E-state index is 13.7. The Labute approximate surface area is 136 Å². The van der Waals surface area contributed by atoms with E-state index in [-0.39, 0.29) is 5.75 Å². The number of benzene rings is 2. The van der Waals surface area contributed by atoms with E-state index in [2.05, 4.69) is 5.32 Å². The zero-order valence-corrected chi connectivity index (χ0v) is 12.9. The van der Waals surface area contributed by atoms with Crippen molar-refractivity contribution in [1.82, 2.24) is 5.32 Å². The summed E-state index contributed by atoms with van der Waals surface area (Å²) in [6.07, 6.45) is -4.64. The van der Waals surface area contributed by atoms with E-state index in [9.17, 15) is 22.4 Å². The van der Waals surface area contributed by atoms with Crippen LogP contribution in [0, 0.1) is 5.82 Å².